The number of hydrogen-bond donors (Lipinski definition) is 10. The quantitative estimate of drug-likeness (QED) is 0.0982. The van der Waals surface area contributed by atoms with Gasteiger partial charge in [0.15, 0.2) is 18.4 Å². The van der Waals surface area contributed by atoms with E-state index in [1.807, 2.05) is 6.92 Å². The molecule has 14 N–H and O–H groups in total. The zero-order chi connectivity index (χ0) is 29.6. The average Bonchev–Trinajstić information content (AvgIpc) is 2.93. The maximum atomic E-state index is 12.7. The molecule has 2 aliphatic heterocycles. The molecule has 0 aromatic carbocycles. The topological polar surface area (TPSA) is 271 Å². The molecule has 2 saturated heterocycles. The summed E-state index contributed by atoms with van der Waals surface area (Å²) >= 11 is 0. The molecule has 3 rings (SSSR count). The number of ketones is 1. The standard InChI is InChI=1S/C25H49N5O10/c1-2-30-9-12-3-4-13(27)24(37-12)40-23-14(28)7-11(8-16(33)15(32)5-6-26)22(21(23)36)39-25-20(35)18(29)19(34)17(10-31)38-25/h11-15,17-25,30-32,34-36H,2-10,26-29H2,1H3/t11-,12-,13+,14-,15-,17+,18-,19+,20+,21+,22-,23?,24+,25+/m0/s1. The van der Waals surface area contributed by atoms with Crippen LogP contribution >= 0.6 is 0 Å². The molecule has 1 aliphatic carbocycles. The van der Waals surface area contributed by atoms with Crippen molar-refractivity contribution in [3.63, 3.8) is 0 Å². The third-order valence-corrected chi connectivity index (χ3v) is 8.05. The van der Waals surface area contributed by atoms with Crippen LogP contribution in [0.25, 0.3) is 0 Å². The van der Waals surface area contributed by atoms with E-state index in [0.717, 1.165) is 13.0 Å². The lowest BCUT2D eigenvalue weighted by molar-refractivity contribution is -0.318. The summed E-state index contributed by atoms with van der Waals surface area (Å²) in [5.74, 6) is -1.21. The second-order valence-corrected chi connectivity index (χ2v) is 11.1. The second kappa shape index (κ2) is 15.5. The van der Waals surface area contributed by atoms with Crippen molar-refractivity contribution in [2.45, 2.75) is 119 Å². The van der Waals surface area contributed by atoms with Crippen molar-refractivity contribution in [2.24, 2.45) is 28.9 Å². The van der Waals surface area contributed by atoms with Crippen LogP contribution in [0.1, 0.15) is 39.0 Å². The summed E-state index contributed by atoms with van der Waals surface area (Å²) in [5, 5.41) is 55.4. The van der Waals surface area contributed by atoms with Gasteiger partial charge in [0.2, 0.25) is 0 Å². The molecule has 3 fully saturated rings. The van der Waals surface area contributed by atoms with E-state index in [1.54, 1.807) is 0 Å². The third-order valence-electron chi connectivity index (χ3n) is 8.05. The Morgan fingerprint density at radius 1 is 1.00 bits per heavy atom. The van der Waals surface area contributed by atoms with E-state index in [1.165, 1.54) is 0 Å². The molecule has 0 aromatic heterocycles. The number of aliphatic hydroxyl groups is 5. The van der Waals surface area contributed by atoms with E-state index in [9.17, 15) is 30.3 Å². The number of nitrogens with one attached hydrogen (secondary N) is 1. The Bertz CT molecular complexity index is 782. The summed E-state index contributed by atoms with van der Waals surface area (Å²) in [7, 11) is 0. The van der Waals surface area contributed by atoms with Crippen LogP contribution in [-0.2, 0) is 23.7 Å². The molecule has 1 saturated carbocycles. The van der Waals surface area contributed by atoms with Crippen molar-refractivity contribution in [3.05, 3.63) is 0 Å². The fourth-order valence-corrected chi connectivity index (χ4v) is 5.62. The minimum absolute atomic E-state index is 0.0672. The lowest BCUT2D eigenvalue weighted by Crippen LogP contribution is -2.66. The molecule has 40 heavy (non-hydrogen) atoms. The van der Waals surface area contributed by atoms with Gasteiger partial charge < -0.3 is 72.7 Å². The highest BCUT2D eigenvalue weighted by atomic mass is 16.7. The van der Waals surface area contributed by atoms with Gasteiger partial charge in [-0.25, -0.2) is 0 Å². The largest absolute Gasteiger partial charge is 0.394 e. The molecular weight excluding hydrogens is 530 g/mol. The highest BCUT2D eigenvalue weighted by Gasteiger charge is 2.51. The van der Waals surface area contributed by atoms with Crippen LogP contribution in [0.3, 0.4) is 0 Å². The Balaban J connectivity index is 1.80. The number of carbonyl (C=O) groups is 1. The third kappa shape index (κ3) is 8.14. The maximum Gasteiger partial charge on any atom is 0.186 e. The highest BCUT2D eigenvalue weighted by molar-refractivity contribution is 5.83. The normalized spacial score (nSPS) is 43.4. The first-order valence-corrected chi connectivity index (χ1v) is 14.2. The minimum Gasteiger partial charge on any atom is -0.394 e. The second-order valence-electron chi connectivity index (χ2n) is 11.1. The maximum absolute atomic E-state index is 12.7. The molecule has 0 radical (unpaired) electrons. The summed E-state index contributed by atoms with van der Waals surface area (Å²) in [6.07, 6.45) is -9.98. The van der Waals surface area contributed by atoms with Gasteiger partial charge in [0, 0.05) is 19.0 Å². The van der Waals surface area contributed by atoms with Crippen molar-refractivity contribution < 1.29 is 49.3 Å². The van der Waals surface area contributed by atoms with Gasteiger partial charge in [-0.1, -0.05) is 6.92 Å². The molecule has 2 heterocycles. The van der Waals surface area contributed by atoms with E-state index in [0.29, 0.717) is 13.0 Å². The van der Waals surface area contributed by atoms with Gasteiger partial charge in [0.25, 0.3) is 0 Å². The Labute approximate surface area is 234 Å². The molecular formula is C25H49N5O10. The first kappa shape index (κ1) is 33.6. The fourth-order valence-electron chi connectivity index (χ4n) is 5.62. The lowest BCUT2D eigenvalue weighted by Gasteiger charge is -2.48. The number of rotatable bonds is 13. The molecule has 15 heteroatoms. The first-order chi connectivity index (χ1) is 19.0. The Morgan fingerprint density at radius 2 is 1.70 bits per heavy atom. The van der Waals surface area contributed by atoms with Crippen molar-refractivity contribution in [2.75, 3.05) is 26.2 Å². The van der Waals surface area contributed by atoms with Crippen LogP contribution in [0.4, 0.5) is 0 Å². The lowest BCUT2D eigenvalue weighted by atomic mass is 9.76. The van der Waals surface area contributed by atoms with E-state index < -0.39 is 91.7 Å². The van der Waals surface area contributed by atoms with E-state index in [2.05, 4.69) is 5.32 Å². The molecule has 234 valence electrons. The van der Waals surface area contributed by atoms with E-state index in [4.69, 9.17) is 41.9 Å². The summed E-state index contributed by atoms with van der Waals surface area (Å²) in [6.45, 7) is 2.88. The van der Waals surface area contributed by atoms with Crippen molar-refractivity contribution in [1.29, 1.82) is 0 Å². The Morgan fingerprint density at radius 3 is 2.35 bits per heavy atom. The smallest absolute Gasteiger partial charge is 0.186 e. The number of likely N-dealkylation sites (N-methyl/N-ethyl adjacent to an activating group) is 1. The predicted octanol–water partition coefficient (Wildman–Crippen LogP) is -4.66. The van der Waals surface area contributed by atoms with Gasteiger partial charge in [-0.3, -0.25) is 4.79 Å². The van der Waals surface area contributed by atoms with Gasteiger partial charge in [0.05, 0.1) is 30.9 Å². The van der Waals surface area contributed by atoms with Crippen LogP contribution in [0.2, 0.25) is 0 Å². The molecule has 0 bridgehead atoms. The molecule has 14 atom stereocenters. The summed E-state index contributed by atoms with van der Waals surface area (Å²) in [5.41, 5.74) is 24.1. The molecule has 1 unspecified atom stereocenters. The molecule has 3 aliphatic rings. The predicted molar refractivity (Wildman–Crippen MR) is 141 cm³/mol. The highest BCUT2D eigenvalue weighted by Crippen LogP contribution is 2.36. The molecule has 0 amide bonds. The van der Waals surface area contributed by atoms with Gasteiger partial charge in [-0.15, -0.1) is 0 Å². The molecule has 0 aromatic rings. The van der Waals surface area contributed by atoms with Crippen LogP contribution in [-0.4, -0.2) is 137 Å². The average molecular weight is 580 g/mol. The zero-order valence-corrected chi connectivity index (χ0v) is 23.0. The van der Waals surface area contributed by atoms with Crippen molar-refractivity contribution in [3.8, 4) is 0 Å². The zero-order valence-electron chi connectivity index (χ0n) is 23.0. The van der Waals surface area contributed by atoms with Crippen LogP contribution in [0.15, 0.2) is 0 Å². The van der Waals surface area contributed by atoms with Crippen LogP contribution in [0.5, 0.6) is 0 Å². The van der Waals surface area contributed by atoms with E-state index in [-0.39, 0.29) is 31.9 Å². The number of Topliss-reactive ketones (excluding diaryl/α,β-unsaturated/α-hetero) is 1. The van der Waals surface area contributed by atoms with Gasteiger partial charge in [0.1, 0.15) is 36.6 Å². The van der Waals surface area contributed by atoms with Gasteiger partial charge in [-0.2, -0.15) is 0 Å². The first-order valence-electron chi connectivity index (χ1n) is 14.2. The Kier molecular flexibility index (Phi) is 13.1. The fraction of sp³-hybridized carbons (Fsp3) is 0.960. The van der Waals surface area contributed by atoms with Crippen molar-refractivity contribution >= 4 is 5.78 Å². The summed E-state index contributed by atoms with van der Waals surface area (Å²) < 4.78 is 23.8. The Hall–Kier alpha value is -0.890. The molecule has 15 nitrogen and oxygen atoms in total. The summed E-state index contributed by atoms with van der Waals surface area (Å²) in [4.78, 5) is 12.7. The monoisotopic (exact) mass is 579 g/mol. The minimum atomic E-state index is -1.51. The van der Waals surface area contributed by atoms with Gasteiger partial charge in [-0.05, 0) is 44.7 Å². The SMILES string of the molecule is CCNC[C@@H]1CC[C@@H](N)[C@@H](OC2[C@@H](N)C[C@@H](CC(=O)[C@@H](O)CCN)[C@H](O[C@H]3O[C@H](CO)[C@@H](O)[C@H](N)[C@H]3O)[C@H]2O)O1. The number of aliphatic hydroxyl groups excluding tert-OH is 5. The number of carbonyl (C=O) groups excluding carboxylic acids is 1. The van der Waals surface area contributed by atoms with Crippen molar-refractivity contribution in [1.82, 2.24) is 5.32 Å². The van der Waals surface area contributed by atoms with E-state index >= 15 is 0 Å². The summed E-state index contributed by atoms with van der Waals surface area (Å²) in [6, 6.07) is -2.42. The molecule has 0 spiro atoms. The number of ether oxygens (including phenoxy) is 4. The van der Waals surface area contributed by atoms with Gasteiger partial charge >= 0.3 is 0 Å². The number of hydrogen-bond acceptors (Lipinski definition) is 15. The number of nitrogens with two attached hydrogens (primary N) is 4. The van der Waals surface area contributed by atoms with Crippen LogP contribution in [0, 0.1) is 5.92 Å². The van der Waals surface area contributed by atoms with Crippen LogP contribution < -0.4 is 28.3 Å².